The van der Waals surface area contributed by atoms with Gasteiger partial charge in [-0.15, -0.1) is 0 Å². The summed E-state index contributed by atoms with van der Waals surface area (Å²) in [7, 11) is -3.41. The lowest BCUT2D eigenvalue weighted by atomic mass is 9.84. The van der Waals surface area contributed by atoms with Crippen LogP contribution in [0.25, 0.3) is 11.3 Å². The molecular weight excluding hydrogens is 455 g/mol. The Bertz CT molecular complexity index is 1360. The molecule has 0 aliphatic carbocycles. The molecule has 4 rings (SSSR count). The number of halogens is 2. The summed E-state index contributed by atoms with van der Waals surface area (Å²) in [5.74, 6) is -1.82. The highest BCUT2D eigenvalue weighted by molar-refractivity contribution is 7.74. The normalized spacial score (nSPS) is 13.4. The van der Waals surface area contributed by atoms with Crippen LogP contribution in [0.2, 0.25) is 0 Å². The van der Waals surface area contributed by atoms with Gasteiger partial charge in [-0.2, -0.15) is 13.8 Å². The number of benzene rings is 1. The fourth-order valence-corrected chi connectivity index (χ4v) is 5.68. The molecule has 0 aliphatic heterocycles. The van der Waals surface area contributed by atoms with Crippen LogP contribution in [0.4, 0.5) is 8.78 Å². The van der Waals surface area contributed by atoms with Gasteiger partial charge in [-0.05, 0) is 69.3 Å². The maximum absolute atomic E-state index is 14.3. The van der Waals surface area contributed by atoms with Gasteiger partial charge in [0.25, 0.3) is 7.37 Å². The standard InChI is InChI=1S/C26H24F2N3O2P/c1-4-33-34(32,18-10-6-5-7-11-18)24-15-9-14-22(30-24)26(2,3)21-13-8-12-20(29-21)19-16-17-23(27)31-25(19)28/h5-17H,4H2,1-3H3. The van der Waals surface area contributed by atoms with Crippen molar-refractivity contribution in [2.75, 3.05) is 6.61 Å². The Morgan fingerprint density at radius 2 is 1.50 bits per heavy atom. The average molecular weight is 479 g/mol. The maximum atomic E-state index is 14.3. The molecule has 34 heavy (non-hydrogen) atoms. The number of aromatic nitrogens is 3. The van der Waals surface area contributed by atoms with E-state index in [1.54, 1.807) is 43.3 Å². The Morgan fingerprint density at radius 1 is 0.824 bits per heavy atom. The SMILES string of the molecule is CCOP(=O)(c1ccccc1)c1cccc(C(C)(C)c2cccc(-c3ccc(F)nc3F)n2)n1. The monoisotopic (exact) mass is 479 g/mol. The summed E-state index contributed by atoms with van der Waals surface area (Å²) in [6.45, 7) is 5.92. The zero-order chi connectivity index (χ0) is 24.3. The van der Waals surface area contributed by atoms with E-state index >= 15 is 0 Å². The molecule has 8 heteroatoms. The minimum absolute atomic E-state index is 0.102. The first-order chi connectivity index (χ1) is 16.3. The van der Waals surface area contributed by atoms with Crippen molar-refractivity contribution in [1.82, 2.24) is 15.0 Å². The molecule has 0 saturated carbocycles. The molecule has 174 valence electrons. The topological polar surface area (TPSA) is 65.0 Å². The number of pyridine rings is 3. The Labute approximate surface area is 197 Å². The van der Waals surface area contributed by atoms with Crippen LogP contribution in [0.3, 0.4) is 0 Å². The summed E-state index contributed by atoms with van der Waals surface area (Å²) >= 11 is 0. The number of nitrogens with zero attached hydrogens (tertiary/aromatic N) is 3. The molecule has 0 spiro atoms. The summed E-state index contributed by atoms with van der Waals surface area (Å²) in [5, 5.41) is 0.568. The van der Waals surface area contributed by atoms with Crippen molar-refractivity contribution in [3.63, 3.8) is 0 Å². The van der Waals surface area contributed by atoms with Crippen molar-refractivity contribution >= 4 is 18.1 Å². The summed E-state index contributed by atoms with van der Waals surface area (Å²) in [4.78, 5) is 12.6. The van der Waals surface area contributed by atoms with Crippen molar-refractivity contribution in [2.24, 2.45) is 0 Å². The van der Waals surface area contributed by atoms with Crippen LogP contribution in [-0.4, -0.2) is 21.6 Å². The first-order valence-electron chi connectivity index (χ1n) is 10.8. The smallest absolute Gasteiger partial charge is 0.279 e. The third-order valence-electron chi connectivity index (χ3n) is 5.56. The molecule has 1 aromatic carbocycles. The number of hydrogen-bond acceptors (Lipinski definition) is 5. The molecule has 0 fully saturated rings. The first kappa shape index (κ1) is 23.9. The molecule has 3 aromatic heterocycles. The van der Waals surface area contributed by atoms with Gasteiger partial charge in [0.1, 0.15) is 5.44 Å². The lowest BCUT2D eigenvalue weighted by Crippen LogP contribution is -2.28. The highest BCUT2D eigenvalue weighted by Gasteiger charge is 2.33. The second-order valence-corrected chi connectivity index (χ2v) is 10.5. The average Bonchev–Trinajstić information content (AvgIpc) is 2.85. The maximum Gasteiger partial charge on any atom is 0.279 e. The second kappa shape index (κ2) is 9.53. The van der Waals surface area contributed by atoms with E-state index in [0.717, 1.165) is 6.07 Å². The van der Waals surface area contributed by atoms with Gasteiger partial charge in [-0.1, -0.05) is 30.3 Å². The third-order valence-corrected chi connectivity index (χ3v) is 8.02. The van der Waals surface area contributed by atoms with Crippen molar-refractivity contribution in [2.45, 2.75) is 26.2 Å². The van der Waals surface area contributed by atoms with Crippen molar-refractivity contribution in [1.29, 1.82) is 0 Å². The van der Waals surface area contributed by atoms with Gasteiger partial charge < -0.3 is 4.52 Å². The second-order valence-electron chi connectivity index (χ2n) is 8.19. The minimum atomic E-state index is -3.41. The van der Waals surface area contributed by atoms with Gasteiger partial charge in [0.15, 0.2) is 0 Å². The molecule has 3 heterocycles. The van der Waals surface area contributed by atoms with Crippen molar-refractivity contribution < 1.29 is 17.9 Å². The van der Waals surface area contributed by atoms with Gasteiger partial charge in [0.2, 0.25) is 11.9 Å². The van der Waals surface area contributed by atoms with Crippen LogP contribution in [-0.2, 0) is 14.5 Å². The van der Waals surface area contributed by atoms with Gasteiger partial charge >= 0.3 is 0 Å². The molecule has 5 nitrogen and oxygen atoms in total. The molecule has 0 bridgehead atoms. The largest absolute Gasteiger partial charge is 0.321 e. The van der Waals surface area contributed by atoms with E-state index in [1.165, 1.54) is 6.07 Å². The Balaban J connectivity index is 1.77. The molecule has 1 unspecified atom stereocenters. The fourth-order valence-electron chi connectivity index (χ4n) is 3.68. The fraction of sp³-hybridized carbons (Fsp3) is 0.192. The molecule has 0 N–H and O–H groups in total. The van der Waals surface area contributed by atoms with E-state index in [1.807, 2.05) is 44.2 Å². The summed E-state index contributed by atoms with van der Waals surface area (Å²) in [6.07, 6.45) is 0. The summed E-state index contributed by atoms with van der Waals surface area (Å²) in [5.41, 5.74) is 1.30. The van der Waals surface area contributed by atoms with Crippen LogP contribution in [0.1, 0.15) is 32.2 Å². The van der Waals surface area contributed by atoms with Crippen LogP contribution in [0, 0.1) is 11.9 Å². The highest BCUT2D eigenvalue weighted by atomic mass is 31.2. The van der Waals surface area contributed by atoms with Gasteiger partial charge in [0, 0.05) is 10.7 Å². The molecule has 0 aliphatic rings. The summed E-state index contributed by atoms with van der Waals surface area (Å²) in [6, 6.07) is 22.0. The van der Waals surface area contributed by atoms with Gasteiger partial charge in [-0.25, -0.2) is 4.98 Å². The Hall–Kier alpha value is -3.28. The molecule has 4 aromatic rings. The lowest BCUT2D eigenvalue weighted by molar-refractivity contribution is 0.347. The first-order valence-corrected chi connectivity index (χ1v) is 12.5. The third kappa shape index (κ3) is 4.54. The van der Waals surface area contributed by atoms with Crippen LogP contribution in [0.5, 0.6) is 0 Å². The molecule has 0 saturated heterocycles. The van der Waals surface area contributed by atoms with Crippen LogP contribution in [0.15, 0.2) is 78.9 Å². The zero-order valence-corrected chi connectivity index (χ0v) is 20.0. The van der Waals surface area contributed by atoms with E-state index in [9.17, 15) is 13.3 Å². The van der Waals surface area contributed by atoms with Crippen molar-refractivity contribution in [3.8, 4) is 11.3 Å². The summed E-state index contributed by atoms with van der Waals surface area (Å²) < 4.78 is 47.2. The zero-order valence-electron chi connectivity index (χ0n) is 19.1. The quantitative estimate of drug-likeness (QED) is 0.262. The predicted octanol–water partition coefficient (Wildman–Crippen LogP) is 5.41. The Morgan fingerprint density at radius 3 is 2.18 bits per heavy atom. The van der Waals surface area contributed by atoms with Crippen molar-refractivity contribution in [3.05, 3.63) is 102 Å². The van der Waals surface area contributed by atoms with E-state index < -0.39 is 24.7 Å². The van der Waals surface area contributed by atoms with E-state index in [2.05, 4.69) is 9.97 Å². The minimum Gasteiger partial charge on any atom is -0.321 e. The lowest BCUT2D eigenvalue weighted by Gasteiger charge is -2.26. The van der Waals surface area contributed by atoms with Gasteiger partial charge in [-0.3, -0.25) is 9.55 Å². The highest BCUT2D eigenvalue weighted by Crippen LogP contribution is 2.44. The molecule has 0 amide bonds. The molecule has 0 radical (unpaired) electrons. The molecule has 1 atom stereocenters. The van der Waals surface area contributed by atoms with Crippen LogP contribution < -0.4 is 10.7 Å². The Kier molecular flexibility index (Phi) is 6.69. The van der Waals surface area contributed by atoms with E-state index in [0.29, 0.717) is 27.8 Å². The van der Waals surface area contributed by atoms with Gasteiger partial charge in [0.05, 0.1) is 29.3 Å². The van der Waals surface area contributed by atoms with E-state index in [4.69, 9.17) is 9.51 Å². The predicted molar refractivity (Wildman–Crippen MR) is 129 cm³/mol. The van der Waals surface area contributed by atoms with E-state index in [-0.39, 0.29) is 12.2 Å². The number of rotatable bonds is 7. The molecular formula is C26H24F2N3O2P. The van der Waals surface area contributed by atoms with Crippen LogP contribution >= 0.6 is 7.37 Å². The number of hydrogen-bond donors (Lipinski definition) is 0.